The van der Waals surface area contributed by atoms with E-state index in [1.807, 2.05) is 6.92 Å². The van der Waals surface area contributed by atoms with Crippen LogP contribution in [0.4, 0.5) is 0 Å². The molecule has 2 N–H and O–H groups in total. The van der Waals surface area contributed by atoms with Crippen LogP contribution in [-0.2, 0) is 0 Å². The van der Waals surface area contributed by atoms with Crippen LogP contribution >= 0.6 is 0 Å². The van der Waals surface area contributed by atoms with Gasteiger partial charge in [0.1, 0.15) is 5.65 Å². The molecule has 0 spiro atoms. The summed E-state index contributed by atoms with van der Waals surface area (Å²) in [6.45, 7) is 1.96. The molecule has 4 rings (SSSR count). The lowest BCUT2D eigenvalue weighted by Gasteiger charge is -2.05. The Balaban J connectivity index is 2.03. The molecule has 3 heterocycles. The molecule has 3 aromatic rings. The zero-order valence-corrected chi connectivity index (χ0v) is 10.5. The molecule has 96 valence electrons. The highest BCUT2D eigenvalue weighted by molar-refractivity contribution is 5.76. The van der Waals surface area contributed by atoms with Crippen molar-refractivity contribution < 1.29 is 0 Å². The summed E-state index contributed by atoms with van der Waals surface area (Å²) in [5.41, 5.74) is 4.37. The lowest BCUT2D eigenvalue weighted by atomic mass is 10.1. The lowest BCUT2D eigenvalue weighted by molar-refractivity contribution is 0.849. The Morgan fingerprint density at radius 3 is 2.89 bits per heavy atom. The fourth-order valence-corrected chi connectivity index (χ4v) is 2.60. The first-order valence-corrected chi connectivity index (χ1v) is 6.35. The average molecular weight is 255 g/mol. The van der Waals surface area contributed by atoms with Crippen LogP contribution in [0.5, 0.6) is 0 Å². The van der Waals surface area contributed by atoms with Gasteiger partial charge >= 0.3 is 0 Å². The maximum absolute atomic E-state index is 12.5. The van der Waals surface area contributed by atoms with Gasteiger partial charge in [0.25, 0.3) is 5.56 Å². The number of aromatic amines is 2. The Morgan fingerprint density at radius 2 is 2.21 bits per heavy atom. The molecule has 6 heteroatoms. The molecule has 6 nitrogen and oxygen atoms in total. The van der Waals surface area contributed by atoms with E-state index in [2.05, 4.69) is 20.3 Å². The van der Waals surface area contributed by atoms with E-state index in [0.29, 0.717) is 5.92 Å². The summed E-state index contributed by atoms with van der Waals surface area (Å²) in [6, 6.07) is 0. The first-order chi connectivity index (χ1) is 9.25. The van der Waals surface area contributed by atoms with Gasteiger partial charge in [-0.05, 0) is 25.7 Å². The summed E-state index contributed by atoms with van der Waals surface area (Å²) in [5, 5.41) is 10.9. The van der Waals surface area contributed by atoms with Crippen molar-refractivity contribution in [2.24, 2.45) is 0 Å². The fraction of sp³-hybridized carbons (Fsp3) is 0.308. The third kappa shape index (κ3) is 1.46. The number of rotatable bonds is 2. The minimum atomic E-state index is 0.00324. The van der Waals surface area contributed by atoms with Gasteiger partial charge < -0.3 is 4.98 Å². The summed E-state index contributed by atoms with van der Waals surface area (Å²) >= 11 is 0. The third-order valence-electron chi connectivity index (χ3n) is 3.70. The standard InChI is InChI=1S/C13H13N5O/c1-7-11(8-2-3-8)13(19)18-12(17-7)10(6-16-18)9-4-14-15-5-9/h4-6,8,17H,2-3H2,1H3,(H,14,15). The fourth-order valence-electron chi connectivity index (χ4n) is 2.60. The molecule has 19 heavy (non-hydrogen) atoms. The van der Waals surface area contributed by atoms with Crippen molar-refractivity contribution in [3.8, 4) is 11.1 Å². The molecular formula is C13H13N5O. The van der Waals surface area contributed by atoms with E-state index in [-0.39, 0.29) is 5.56 Å². The quantitative estimate of drug-likeness (QED) is 0.730. The molecule has 1 aliphatic rings. The van der Waals surface area contributed by atoms with Crippen molar-refractivity contribution in [3.63, 3.8) is 0 Å². The molecule has 0 radical (unpaired) electrons. The van der Waals surface area contributed by atoms with E-state index in [4.69, 9.17) is 0 Å². The van der Waals surface area contributed by atoms with Crippen molar-refractivity contribution in [1.82, 2.24) is 24.8 Å². The number of aryl methyl sites for hydroxylation is 1. The highest BCUT2D eigenvalue weighted by Crippen LogP contribution is 2.39. The normalized spacial score (nSPS) is 15.2. The van der Waals surface area contributed by atoms with Gasteiger partial charge in [-0.3, -0.25) is 9.89 Å². The van der Waals surface area contributed by atoms with Crippen molar-refractivity contribution in [3.05, 3.63) is 40.2 Å². The molecule has 0 unspecified atom stereocenters. The molecule has 1 aliphatic carbocycles. The number of hydrogen-bond acceptors (Lipinski definition) is 3. The number of nitrogens with zero attached hydrogens (tertiary/aromatic N) is 3. The smallest absolute Gasteiger partial charge is 0.278 e. The number of hydrogen-bond donors (Lipinski definition) is 2. The van der Waals surface area contributed by atoms with E-state index in [0.717, 1.165) is 40.9 Å². The van der Waals surface area contributed by atoms with Crippen molar-refractivity contribution in [2.45, 2.75) is 25.7 Å². The molecule has 0 saturated heterocycles. The summed E-state index contributed by atoms with van der Waals surface area (Å²) in [4.78, 5) is 15.8. The highest BCUT2D eigenvalue weighted by Gasteiger charge is 2.29. The maximum atomic E-state index is 12.5. The number of nitrogens with one attached hydrogen (secondary N) is 2. The predicted octanol–water partition coefficient (Wildman–Crippen LogP) is 1.60. The first-order valence-electron chi connectivity index (χ1n) is 6.35. The van der Waals surface area contributed by atoms with E-state index in [1.165, 1.54) is 4.52 Å². The van der Waals surface area contributed by atoms with Gasteiger partial charge in [-0.15, -0.1) is 0 Å². The summed E-state index contributed by atoms with van der Waals surface area (Å²) in [5.74, 6) is 0.412. The van der Waals surface area contributed by atoms with Gasteiger partial charge in [-0.1, -0.05) is 0 Å². The molecule has 1 saturated carbocycles. The zero-order chi connectivity index (χ0) is 13.0. The molecule has 1 fully saturated rings. The first kappa shape index (κ1) is 10.5. The lowest BCUT2D eigenvalue weighted by Crippen LogP contribution is -2.21. The van der Waals surface area contributed by atoms with Crippen LogP contribution in [0.25, 0.3) is 16.8 Å². The average Bonchev–Trinajstić information content (AvgIpc) is 2.91. The molecule has 0 bridgehead atoms. The summed E-state index contributed by atoms with van der Waals surface area (Å²) in [7, 11) is 0. The minimum Gasteiger partial charge on any atom is -0.343 e. The second-order valence-electron chi connectivity index (χ2n) is 5.05. The van der Waals surface area contributed by atoms with Gasteiger partial charge in [-0.2, -0.15) is 14.7 Å². The molecule has 0 atom stereocenters. The minimum absolute atomic E-state index is 0.00324. The molecule has 0 aromatic carbocycles. The van der Waals surface area contributed by atoms with Crippen LogP contribution in [0.2, 0.25) is 0 Å². The maximum Gasteiger partial charge on any atom is 0.278 e. The monoisotopic (exact) mass is 255 g/mol. The highest BCUT2D eigenvalue weighted by atomic mass is 16.1. The van der Waals surface area contributed by atoms with E-state index in [1.54, 1.807) is 18.6 Å². The van der Waals surface area contributed by atoms with Crippen molar-refractivity contribution in [2.75, 3.05) is 0 Å². The van der Waals surface area contributed by atoms with Gasteiger partial charge in [0.15, 0.2) is 0 Å². The predicted molar refractivity (Wildman–Crippen MR) is 70.1 cm³/mol. The molecular weight excluding hydrogens is 242 g/mol. The molecule has 0 amide bonds. The summed E-state index contributed by atoms with van der Waals surface area (Å²) < 4.78 is 1.46. The topological polar surface area (TPSA) is 78.8 Å². The Bertz CT molecular complexity index is 808. The molecule has 0 aliphatic heterocycles. The van der Waals surface area contributed by atoms with E-state index < -0.39 is 0 Å². The van der Waals surface area contributed by atoms with Crippen molar-refractivity contribution >= 4 is 5.65 Å². The van der Waals surface area contributed by atoms with Crippen LogP contribution in [0.1, 0.15) is 30.0 Å². The van der Waals surface area contributed by atoms with E-state index in [9.17, 15) is 4.79 Å². The van der Waals surface area contributed by atoms with Crippen LogP contribution in [0, 0.1) is 6.92 Å². The van der Waals surface area contributed by atoms with Crippen molar-refractivity contribution in [1.29, 1.82) is 0 Å². The molecule has 3 aromatic heterocycles. The van der Waals surface area contributed by atoms with Crippen LogP contribution in [0.15, 0.2) is 23.4 Å². The zero-order valence-electron chi connectivity index (χ0n) is 10.5. The summed E-state index contributed by atoms with van der Waals surface area (Å²) in [6.07, 6.45) is 7.42. The van der Waals surface area contributed by atoms with Gasteiger partial charge in [0.2, 0.25) is 0 Å². The Kier molecular flexibility index (Phi) is 1.98. The van der Waals surface area contributed by atoms with Gasteiger partial charge in [0.05, 0.1) is 12.4 Å². The van der Waals surface area contributed by atoms with Gasteiger partial charge in [0, 0.05) is 28.6 Å². The van der Waals surface area contributed by atoms with Crippen LogP contribution < -0.4 is 5.56 Å². The van der Waals surface area contributed by atoms with Crippen LogP contribution in [-0.4, -0.2) is 24.8 Å². The Labute approximate surface area is 108 Å². The Hall–Kier alpha value is -2.37. The van der Waals surface area contributed by atoms with Gasteiger partial charge in [-0.25, -0.2) is 0 Å². The third-order valence-corrected chi connectivity index (χ3v) is 3.70. The van der Waals surface area contributed by atoms with Crippen LogP contribution in [0.3, 0.4) is 0 Å². The second-order valence-corrected chi connectivity index (χ2v) is 5.05. The second kappa shape index (κ2) is 3.57. The largest absolute Gasteiger partial charge is 0.343 e. The Morgan fingerprint density at radius 1 is 1.37 bits per heavy atom. The SMILES string of the molecule is Cc1[nH]c2c(-c3cn[nH]c3)cnn2c(=O)c1C1CC1. The van der Waals surface area contributed by atoms with E-state index >= 15 is 0 Å². The number of H-pyrrole nitrogens is 2. The number of fused-ring (bicyclic) bond motifs is 1. The number of aromatic nitrogens is 5.